The molecular formula is C16H21NO2. The van der Waals surface area contributed by atoms with Crippen molar-refractivity contribution >= 4 is 5.91 Å². The Morgan fingerprint density at radius 3 is 2.84 bits per heavy atom. The average Bonchev–Trinajstić information content (AvgIpc) is 2.78. The summed E-state index contributed by atoms with van der Waals surface area (Å²) < 4.78 is 0. The van der Waals surface area contributed by atoms with Crippen LogP contribution in [0.5, 0.6) is 0 Å². The van der Waals surface area contributed by atoms with E-state index in [1.54, 1.807) is 0 Å². The molecule has 0 radical (unpaired) electrons. The van der Waals surface area contributed by atoms with Gasteiger partial charge in [-0.05, 0) is 61.8 Å². The van der Waals surface area contributed by atoms with Gasteiger partial charge in [-0.1, -0.05) is 6.07 Å². The minimum atomic E-state index is -0.238. The molecule has 1 atom stereocenters. The number of aryl methyl sites for hydroxylation is 2. The normalized spacial score (nSPS) is 23.0. The summed E-state index contributed by atoms with van der Waals surface area (Å²) in [5, 5.41) is 9.65. The molecule has 1 aliphatic carbocycles. The number of benzene rings is 1. The van der Waals surface area contributed by atoms with E-state index in [0.717, 1.165) is 37.8 Å². The van der Waals surface area contributed by atoms with E-state index >= 15 is 0 Å². The quantitative estimate of drug-likeness (QED) is 0.839. The Bertz CT molecular complexity index is 484. The van der Waals surface area contributed by atoms with Crippen LogP contribution >= 0.6 is 0 Å². The Balaban J connectivity index is 1.76. The summed E-state index contributed by atoms with van der Waals surface area (Å²) in [6.45, 7) is 1.45. The monoisotopic (exact) mass is 259 g/mol. The molecule has 0 unspecified atom stereocenters. The number of hydrogen-bond acceptors (Lipinski definition) is 2. The molecule has 1 fully saturated rings. The predicted octanol–water partition coefficient (Wildman–Crippen LogP) is 2.16. The van der Waals surface area contributed by atoms with Crippen molar-refractivity contribution in [2.24, 2.45) is 0 Å². The first-order valence-corrected chi connectivity index (χ1v) is 7.33. The van der Waals surface area contributed by atoms with E-state index in [2.05, 4.69) is 12.1 Å². The summed E-state index contributed by atoms with van der Waals surface area (Å²) in [5.74, 6) is 0.129. The average molecular weight is 259 g/mol. The van der Waals surface area contributed by atoms with Crippen molar-refractivity contribution in [3.63, 3.8) is 0 Å². The second kappa shape index (κ2) is 5.33. The molecule has 1 N–H and O–H groups in total. The van der Waals surface area contributed by atoms with E-state index in [-0.39, 0.29) is 12.0 Å². The molecule has 19 heavy (non-hydrogen) atoms. The minimum absolute atomic E-state index is 0.129. The number of fused-ring (bicyclic) bond motifs is 1. The van der Waals surface area contributed by atoms with Gasteiger partial charge in [-0.15, -0.1) is 0 Å². The van der Waals surface area contributed by atoms with Crippen molar-refractivity contribution in [3.05, 3.63) is 34.9 Å². The molecule has 1 heterocycles. The lowest BCUT2D eigenvalue weighted by molar-refractivity contribution is 0.0753. The van der Waals surface area contributed by atoms with Gasteiger partial charge in [-0.25, -0.2) is 0 Å². The highest BCUT2D eigenvalue weighted by molar-refractivity contribution is 5.94. The molecule has 0 spiro atoms. The first-order chi connectivity index (χ1) is 9.24. The molecule has 3 rings (SSSR count). The van der Waals surface area contributed by atoms with Gasteiger partial charge < -0.3 is 10.0 Å². The third-order valence-corrected chi connectivity index (χ3v) is 4.33. The SMILES string of the molecule is O=C(c1ccc2c(c1)CCC2)N1CCC[C@H](O)CC1. The highest BCUT2D eigenvalue weighted by atomic mass is 16.3. The molecule has 1 saturated heterocycles. The van der Waals surface area contributed by atoms with Gasteiger partial charge in [-0.2, -0.15) is 0 Å². The molecule has 1 aromatic rings. The Morgan fingerprint density at radius 2 is 1.95 bits per heavy atom. The standard InChI is InChI=1S/C16H21NO2/c18-15-5-2-9-17(10-8-15)16(19)14-7-6-12-3-1-4-13(12)11-14/h6-7,11,15,18H,1-5,8-10H2/t15-/m0/s1. The van der Waals surface area contributed by atoms with Crippen LogP contribution in [0.3, 0.4) is 0 Å². The summed E-state index contributed by atoms with van der Waals surface area (Å²) in [7, 11) is 0. The van der Waals surface area contributed by atoms with E-state index in [9.17, 15) is 9.90 Å². The Hall–Kier alpha value is -1.35. The van der Waals surface area contributed by atoms with Gasteiger partial charge in [0.1, 0.15) is 0 Å². The molecule has 3 heteroatoms. The fourth-order valence-electron chi connectivity index (χ4n) is 3.17. The molecule has 0 bridgehead atoms. The van der Waals surface area contributed by atoms with E-state index in [1.165, 1.54) is 17.5 Å². The summed E-state index contributed by atoms with van der Waals surface area (Å²) >= 11 is 0. The van der Waals surface area contributed by atoms with E-state index in [1.807, 2.05) is 11.0 Å². The number of likely N-dealkylation sites (tertiary alicyclic amines) is 1. The first-order valence-electron chi connectivity index (χ1n) is 7.33. The van der Waals surface area contributed by atoms with Crippen molar-refractivity contribution in [1.29, 1.82) is 0 Å². The van der Waals surface area contributed by atoms with Crippen LogP contribution in [-0.4, -0.2) is 35.1 Å². The highest BCUT2D eigenvalue weighted by Gasteiger charge is 2.21. The van der Waals surface area contributed by atoms with Gasteiger partial charge in [0.25, 0.3) is 5.91 Å². The zero-order valence-corrected chi connectivity index (χ0v) is 11.3. The number of amides is 1. The number of carbonyl (C=O) groups excluding carboxylic acids is 1. The van der Waals surface area contributed by atoms with Gasteiger partial charge in [0.15, 0.2) is 0 Å². The van der Waals surface area contributed by atoms with Crippen LogP contribution in [0.25, 0.3) is 0 Å². The van der Waals surface area contributed by atoms with Crippen molar-refractivity contribution in [2.45, 2.75) is 44.6 Å². The lowest BCUT2D eigenvalue weighted by atomic mass is 10.1. The third-order valence-electron chi connectivity index (χ3n) is 4.33. The Morgan fingerprint density at radius 1 is 1.11 bits per heavy atom. The number of carbonyl (C=O) groups is 1. The van der Waals surface area contributed by atoms with E-state index < -0.39 is 0 Å². The summed E-state index contributed by atoms with van der Waals surface area (Å²) in [5.41, 5.74) is 3.57. The van der Waals surface area contributed by atoms with Crippen LogP contribution in [0.4, 0.5) is 0 Å². The topological polar surface area (TPSA) is 40.5 Å². The van der Waals surface area contributed by atoms with Gasteiger partial charge in [0.2, 0.25) is 0 Å². The highest BCUT2D eigenvalue weighted by Crippen LogP contribution is 2.24. The smallest absolute Gasteiger partial charge is 0.253 e. The van der Waals surface area contributed by atoms with Crippen LogP contribution < -0.4 is 0 Å². The molecular weight excluding hydrogens is 238 g/mol. The van der Waals surface area contributed by atoms with Gasteiger partial charge in [0, 0.05) is 18.7 Å². The van der Waals surface area contributed by atoms with Crippen molar-refractivity contribution < 1.29 is 9.90 Å². The molecule has 1 aromatic carbocycles. The van der Waals surface area contributed by atoms with Crippen LogP contribution in [0, 0.1) is 0 Å². The number of aliphatic hydroxyl groups is 1. The van der Waals surface area contributed by atoms with Gasteiger partial charge >= 0.3 is 0 Å². The predicted molar refractivity (Wildman–Crippen MR) is 74.2 cm³/mol. The molecule has 102 valence electrons. The molecule has 2 aliphatic rings. The number of aliphatic hydroxyl groups excluding tert-OH is 1. The minimum Gasteiger partial charge on any atom is -0.393 e. The van der Waals surface area contributed by atoms with Crippen LogP contribution in [-0.2, 0) is 12.8 Å². The van der Waals surface area contributed by atoms with Crippen LogP contribution in [0.1, 0.15) is 47.2 Å². The third kappa shape index (κ3) is 2.66. The second-order valence-electron chi connectivity index (χ2n) is 5.71. The number of hydrogen-bond donors (Lipinski definition) is 1. The first kappa shape index (κ1) is 12.7. The summed E-state index contributed by atoms with van der Waals surface area (Å²) in [4.78, 5) is 14.4. The lowest BCUT2D eigenvalue weighted by Gasteiger charge is -2.20. The maximum absolute atomic E-state index is 12.5. The Kier molecular flexibility index (Phi) is 3.56. The van der Waals surface area contributed by atoms with E-state index in [4.69, 9.17) is 0 Å². The maximum Gasteiger partial charge on any atom is 0.253 e. The van der Waals surface area contributed by atoms with Crippen molar-refractivity contribution in [3.8, 4) is 0 Å². The molecule has 0 saturated carbocycles. The molecule has 0 aromatic heterocycles. The second-order valence-corrected chi connectivity index (χ2v) is 5.71. The summed E-state index contributed by atoms with van der Waals surface area (Å²) in [6, 6.07) is 6.15. The molecule has 1 amide bonds. The maximum atomic E-state index is 12.5. The zero-order valence-electron chi connectivity index (χ0n) is 11.3. The fraction of sp³-hybridized carbons (Fsp3) is 0.562. The van der Waals surface area contributed by atoms with Gasteiger partial charge in [-0.3, -0.25) is 4.79 Å². The fourth-order valence-corrected chi connectivity index (χ4v) is 3.17. The zero-order chi connectivity index (χ0) is 13.2. The molecule has 3 nitrogen and oxygen atoms in total. The molecule has 1 aliphatic heterocycles. The van der Waals surface area contributed by atoms with Crippen molar-refractivity contribution in [2.75, 3.05) is 13.1 Å². The van der Waals surface area contributed by atoms with Gasteiger partial charge in [0.05, 0.1) is 6.10 Å². The number of rotatable bonds is 1. The van der Waals surface area contributed by atoms with Crippen LogP contribution in [0.15, 0.2) is 18.2 Å². The van der Waals surface area contributed by atoms with Crippen LogP contribution in [0.2, 0.25) is 0 Å². The van der Waals surface area contributed by atoms with Crippen molar-refractivity contribution in [1.82, 2.24) is 4.90 Å². The van der Waals surface area contributed by atoms with E-state index in [0.29, 0.717) is 13.0 Å². The summed E-state index contributed by atoms with van der Waals surface area (Å²) in [6.07, 6.45) is 5.65. The Labute approximate surface area is 114 Å². The number of nitrogens with zero attached hydrogens (tertiary/aromatic N) is 1. The largest absolute Gasteiger partial charge is 0.393 e. The lowest BCUT2D eigenvalue weighted by Crippen LogP contribution is -2.32.